The number of carboxylic acids is 1. The van der Waals surface area contributed by atoms with Crippen molar-refractivity contribution in [1.29, 1.82) is 0 Å². The van der Waals surface area contributed by atoms with E-state index in [1.807, 2.05) is 44.2 Å². The minimum atomic E-state index is -0.841. The first-order valence-electron chi connectivity index (χ1n) is 8.07. The molecule has 24 heavy (non-hydrogen) atoms. The summed E-state index contributed by atoms with van der Waals surface area (Å²) in [6, 6.07) is 9.34. The van der Waals surface area contributed by atoms with E-state index in [2.05, 4.69) is 5.10 Å². The maximum absolute atomic E-state index is 13.0. The smallest absolute Gasteiger partial charge is 0.308 e. The fourth-order valence-electron chi connectivity index (χ4n) is 3.47. The molecule has 6 heteroatoms. The largest absolute Gasteiger partial charge is 0.481 e. The number of hydrogen-bond acceptors (Lipinski definition) is 3. The lowest BCUT2D eigenvalue weighted by Crippen LogP contribution is -2.38. The molecule has 0 saturated carbocycles. The van der Waals surface area contributed by atoms with Gasteiger partial charge in [0.25, 0.3) is 5.91 Å². The lowest BCUT2D eigenvalue weighted by Gasteiger charge is -2.23. The van der Waals surface area contributed by atoms with E-state index >= 15 is 0 Å². The van der Waals surface area contributed by atoms with Gasteiger partial charge in [0.05, 0.1) is 28.6 Å². The van der Waals surface area contributed by atoms with Crippen LogP contribution in [0.15, 0.2) is 30.3 Å². The minimum Gasteiger partial charge on any atom is -0.481 e. The van der Waals surface area contributed by atoms with Gasteiger partial charge >= 0.3 is 5.97 Å². The average Bonchev–Trinajstić information content (AvgIpc) is 3.08. The Hall–Kier alpha value is -2.63. The molecule has 1 aliphatic heterocycles. The van der Waals surface area contributed by atoms with E-state index < -0.39 is 11.9 Å². The summed E-state index contributed by atoms with van der Waals surface area (Å²) in [6.07, 6.45) is 0.493. The van der Waals surface area contributed by atoms with Crippen LogP contribution in [0.5, 0.6) is 0 Å². The Bertz CT molecular complexity index is 782. The summed E-state index contributed by atoms with van der Waals surface area (Å²) < 4.78 is 1.76. The summed E-state index contributed by atoms with van der Waals surface area (Å²) in [5.41, 5.74) is 2.90. The molecule has 2 aromatic rings. The number of carbonyl (C=O) groups is 2. The van der Waals surface area contributed by atoms with Crippen LogP contribution >= 0.6 is 0 Å². The van der Waals surface area contributed by atoms with Crippen molar-refractivity contribution < 1.29 is 14.7 Å². The van der Waals surface area contributed by atoms with Crippen LogP contribution in [0, 0.1) is 19.8 Å². The molecule has 2 heterocycles. The summed E-state index contributed by atoms with van der Waals surface area (Å²) in [6.45, 7) is 5.95. The Morgan fingerprint density at radius 3 is 2.46 bits per heavy atom. The fourth-order valence-corrected chi connectivity index (χ4v) is 3.47. The van der Waals surface area contributed by atoms with Gasteiger partial charge in [-0.2, -0.15) is 5.10 Å². The Balaban J connectivity index is 1.95. The number of rotatable bonds is 3. The number of aliphatic carboxylic acids is 1. The number of amides is 1. The van der Waals surface area contributed by atoms with Gasteiger partial charge in [0.1, 0.15) is 0 Å². The Labute approximate surface area is 140 Å². The van der Waals surface area contributed by atoms with Crippen LogP contribution in [-0.2, 0) is 4.79 Å². The third-order valence-corrected chi connectivity index (χ3v) is 4.84. The zero-order valence-corrected chi connectivity index (χ0v) is 14.1. The standard InChI is InChI=1S/C18H21N3O3/c1-11-16(13(3)21(19-11)14-7-5-4-6-8-14)17(22)20-10-9-15(12(20)2)18(23)24/h4-8,12,15H,9-10H2,1-3H3,(H,23,24). The third-order valence-electron chi connectivity index (χ3n) is 4.84. The second-order valence-corrected chi connectivity index (χ2v) is 6.27. The predicted molar refractivity (Wildman–Crippen MR) is 89.3 cm³/mol. The first kappa shape index (κ1) is 16.2. The molecule has 0 aliphatic carbocycles. The van der Waals surface area contributed by atoms with Crippen LogP contribution in [0.2, 0.25) is 0 Å². The lowest BCUT2D eigenvalue weighted by atomic mass is 10.0. The normalized spacial score (nSPS) is 20.4. The molecule has 2 atom stereocenters. The van der Waals surface area contributed by atoms with E-state index in [0.29, 0.717) is 24.2 Å². The summed E-state index contributed by atoms with van der Waals surface area (Å²) in [5, 5.41) is 13.8. The lowest BCUT2D eigenvalue weighted by molar-refractivity contribution is -0.142. The van der Waals surface area contributed by atoms with Gasteiger partial charge in [0.2, 0.25) is 0 Å². The zero-order valence-electron chi connectivity index (χ0n) is 14.1. The number of likely N-dealkylation sites (tertiary alicyclic amines) is 1. The monoisotopic (exact) mass is 327 g/mol. The molecule has 0 radical (unpaired) electrons. The quantitative estimate of drug-likeness (QED) is 0.939. The number of nitrogens with zero attached hydrogens (tertiary/aromatic N) is 3. The number of hydrogen-bond donors (Lipinski definition) is 1. The van der Waals surface area contributed by atoms with E-state index in [9.17, 15) is 14.7 Å². The molecule has 1 aliphatic rings. The highest BCUT2D eigenvalue weighted by Gasteiger charge is 2.39. The Morgan fingerprint density at radius 2 is 1.88 bits per heavy atom. The first-order valence-corrected chi connectivity index (χ1v) is 8.07. The van der Waals surface area contributed by atoms with Crippen molar-refractivity contribution in [1.82, 2.24) is 14.7 Å². The summed E-state index contributed by atoms with van der Waals surface area (Å²) >= 11 is 0. The zero-order chi connectivity index (χ0) is 17.4. The molecule has 0 spiro atoms. The van der Waals surface area contributed by atoms with E-state index in [1.54, 1.807) is 16.5 Å². The van der Waals surface area contributed by atoms with Gasteiger partial charge in [-0.15, -0.1) is 0 Å². The second-order valence-electron chi connectivity index (χ2n) is 6.27. The van der Waals surface area contributed by atoms with E-state index in [0.717, 1.165) is 11.4 Å². The highest BCUT2D eigenvalue weighted by molar-refractivity contribution is 5.97. The average molecular weight is 327 g/mol. The highest BCUT2D eigenvalue weighted by atomic mass is 16.4. The van der Waals surface area contributed by atoms with E-state index in [4.69, 9.17) is 0 Å². The Morgan fingerprint density at radius 1 is 1.21 bits per heavy atom. The van der Waals surface area contributed by atoms with Crippen LogP contribution in [0.4, 0.5) is 0 Å². The summed E-state index contributed by atoms with van der Waals surface area (Å²) in [4.78, 5) is 25.9. The van der Waals surface area contributed by atoms with Gasteiger partial charge in [-0.05, 0) is 39.3 Å². The predicted octanol–water partition coefficient (Wildman–Crippen LogP) is 2.42. The molecular formula is C18H21N3O3. The minimum absolute atomic E-state index is 0.136. The number of benzene rings is 1. The molecule has 1 aromatic heterocycles. The van der Waals surface area contributed by atoms with Crippen molar-refractivity contribution in [2.75, 3.05) is 6.54 Å². The molecule has 126 valence electrons. The molecule has 3 rings (SSSR count). The van der Waals surface area contributed by atoms with Crippen molar-refractivity contribution in [3.8, 4) is 5.69 Å². The van der Waals surface area contributed by atoms with Gasteiger partial charge in [0.15, 0.2) is 0 Å². The Kier molecular flexibility index (Phi) is 4.13. The molecule has 2 unspecified atom stereocenters. The molecule has 1 aromatic carbocycles. The number of para-hydroxylation sites is 1. The van der Waals surface area contributed by atoms with E-state index in [1.165, 1.54) is 0 Å². The maximum Gasteiger partial charge on any atom is 0.308 e. The van der Waals surface area contributed by atoms with Crippen LogP contribution in [0.1, 0.15) is 35.1 Å². The van der Waals surface area contributed by atoms with Crippen molar-refractivity contribution in [2.45, 2.75) is 33.2 Å². The molecule has 1 saturated heterocycles. The third kappa shape index (κ3) is 2.58. The molecule has 1 amide bonds. The molecular weight excluding hydrogens is 306 g/mol. The van der Waals surface area contributed by atoms with Crippen molar-refractivity contribution >= 4 is 11.9 Å². The molecule has 0 bridgehead atoms. The number of carbonyl (C=O) groups excluding carboxylic acids is 1. The fraction of sp³-hybridized carbons (Fsp3) is 0.389. The van der Waals surface area contributed by atoms with E-state index in [-0.39, 0.29) is 11.9 Å². The van der Waals surface area contributed by atoms with Gasteiger partial charge in [0, 0.05) is 12.6 Å². The first-order chi connectivity index (χ1) is 11.4. The highest BCUT2D eigenvalue weighted by Crippen LogP contribution is 2.28. The number of aromatic nitrogens is 2. The SMILES string of the molecule is Cc1nn(-c2ccccc2)c(C)c1C(=O)N1CCC(C(=O)O)C1C. The van der Waals surface area contributed by atoms with Crippen molar-refractivity contribution in [3.05, 3.63) is 47.3 Å². The topological polar surface area (TPSA) is 75.4 Å². The second kappa shape index (κ2) is 6.11. The summed E-state index contributed by atoms with van der Waals surface area (Å²) in [7, 11) is 0. The van der Waals surface area contributed by atoms with Gasteiger partial charge in [-0.1, -0.05) is 18.2 Å². The number of aryl methyl sites for hydroxylation is 1. The van der Waals surface area contributed by atoms with Crippen LogP contribution in [-0.4, -0.2) is 44.3 Å². The van der Waals surface area contributed by atoms with Crippen molar-refractivity contribution in [3.63, 3.8) is 0 Å². The molecule has 1 N–H and O–H groups in total. The molecule has 6 nitrogen and oxygen atoms in total. The van der Waals surface area contributed by atoms with Gasteiger partial charge in [-0.3, -0.25) is 9.59 Å². The van der Waals surface area contributed by atoms with Gasteiger partial charge in [-0.25, -0.2) is 4.68 Å². The van der Waals surface area contributed by atoms with Crippen LogP contribution in [0.25, 0.3) is 5.69 Å². The summed E-state index contributed by atoms with van der Waals surface area (Å²) in [5.74, 6) is -1.48. The van der Waals surface area contributed by atoms with Crippen LogP contribution in [0.3, 0.4) is 0 Å². The van der Waals surface area contributed by atoms with Crippen LogP contribution < -0.4 is 0 Å². The molecule has 1 fully saturated rings. The van der Waals surface area contributed by atoms with Gasteiger partial charge < -0.3 is 10.0 Å². The van der Waals surface area contributed by atoms with Crippen molar-refractivity contribution in [2.24, 2.45) is 5.92 Å². The maximum atomic E-state index is 13.0. The number of carboxylic acid groups (broad SMARTS) is 1.